The highest BCUT2D eigenvalue weighted by Crippen LogP contribution is 2.33. The molecule has 0 aromatic heterocycles. The van der Waals surface area contributed by atoms with Gasteiger partial charge in [-0.15, -0.1) is 0 Å². The Bertz CT molecular complexity index is 313. The summed E-state index contributed by atoms with van der Waals surface area (Å²) in [5.41, 5.74) is 0. The summed E-state index contributed by atoms with van der Waals surface area (Å²) >= 11 is 0. The van der Waals surface area contributed by atoms with Gasteiger partial charge in [-0.05, 0) is 18.6 Å². The van der Waals surface area contributed by atoms with E-state index in [1.54, 1.807) is 24.3 Å². The van der Waals surface area contributed by atoms with Crippen LogP contribution in [0, 0.1) is 0 Å². The first-order valence-corrected chi connectivity index (χ1v) is 6.46. The number of unbranched alkanes of at least 4 members (excludes halogenated alkanes) is 1. The summed E-state index contributed by atoms with van der Waals surface area (Å²) in [4.78, 5) is 9.66. The van der Waals surface area contributed by atoms with Crippen LogP contribution in [0.5, 0.6) is 0 Å². The monoisotopic (exact) mass is 213 g/mol. The zero-order chi connectivity index (χ0) is 10.4. The minimum Gasteiger partial charge on any atom is -0.330 e. The van der Waals surface area contributed by atoms with Crippen LogP contribution >= 0.6 is 7.52 Å². The van der Waals surface area contributed by atoms with Gasteiger partial charge < -0.3 is 4.89 Å². The van der Waals surface area contributed by atoms with Crippen molar-refractivity contribution in [3.8, 4) is 0 Å². The van der Waals surface area contributed by atoms with Crippen molar-refractivity contribution in [3.63, 3.8) is 0 Å². The molecule has 0 saturated carbocycles. The second kappa shape index (κ2) is 5.30. The van der Waals surface area contributed by atoms with Crippen molar-refractivity contribution in [2.24, 2.45) is 0 Å². The zero-order valence-corrected chi connectivity index (χ0v) is 9.21. The third-order valence-corrected chi connectivity index (χ3v) is 3.61. The molecule has 0 spiro atoms. The first kappa shape index (κ1) is 11.4. The van der Waals surface area contributed by atoms with Crippen molar-refractivity contribution in [1.29, 1.82) is 0 Å². The molecular weight excluding hydrogens is 197 g/mol. The van der Waals surface area contributed by atoms with Gasteiger partial charge in [-0.3, -0.25) is 4.57 Å². The summed E-state index contributed by atoms with van der Waals surface area (Å²) in [5, 5.41) is 3.16. The Kier molecular flexibility index (Phi) is 4.33. The summed E-state index contributed by atoms with van der Waals surface area (Å²) in [6, 6.07) is 8.69. The smallest absolute Gasteiger partial charge is 0.297 e. The van der Waals surface area contributed by atoms with Gasteiger partial charge in [0.25, 0.3) is 7.52 Å². The predicted octanol–water partition coefficient (Wildman–Crippen LogP) is 1.89. The number of hydrogen-bond acceptors (Lipinski definition) is 1. The highest BCUT2D eigenvalue weighted by Gasteiger charge is 2.18. The molecule has 0 aliphatic rings. The molecule has 1 atom stereocenters. The molecule has 1 aromatic carbocycles. The molecule has 0 amide bonds. The van der Waals surface area contributed by atoms with Crippen molar-refractivity contribution >= 4 is 12.8 Å². The summed E-state index contributed by atoms with van der Waals surface area (Å²) in [6.07, 6.45) is 1.93. The lowest BCUT2D eigenvalue weighted by Gasteiger charge is -2.12. The molecule has 0 fully saturated rings. The number of hydrogen-bond donors (Lipinski definition) is 2. The van der Waals surface area contributed by atoms with Gasteiger partial charge >= 0.3 is 0 Å². The zero-order valence-electron chi connectivity index (χ0n) is 8.31. The van der Waals surface area contributed by atoms with Gasteiger partial charge in [-0.25, -0.2) is 5.09 Å². The molecular formula is C10H16NO2P. The molecule has 0 heterocycles. The molecule has 3 nitrogen and oxygen atoms in total. The normalized spacial score (nSPS) is 15.0. The average molecular weight is 213 g/mol. The summed E-state index contributed by atoms with van der Waals surface area (Å²) in [5.74, 6) is 0. The van der Waals surface area contributed by atoms with Crippen LogP contribution in [0.15, 0.2) is 30.3 Å². The summed E-state index contributed by atoms with van der Waals surface area (Å²) in [7, 11) is -3.32. The molecule has 0 bridgehead atoms. The SMILES string of the molecule is CCCCNP(=O)(O)c1ccccc1. The van der Waals surface area contributed by atoms with E-state index < -0.39 is 7.52 Å². The van der Waals surface area contributed by atoms with Gasteiger partial charge in [0.2, 0.25) is 0 Å². The Morgan fingerprint density at radius 2 is 2.00 bits per heavy atom. The topological polar surface area (TPSA) is 49.3 Å². The lowest BCUT2D eigenvalue weighted by Crippen LogP contribution is -2.19. The fourth-order valence-corrected chi connectivity index (χ4v) is 2.35. The van der Waals surface area contributed by atoms with E-state index in [2.05, 4.69) is 5.09 Å². The Labute approximate surface area is 84.7 Å². The maximum absolute atomic E-state index is 11.7. The quantitative estimate of drug-likeness (QED) is 0.580. The highest BCUT2D eigenvalue weighted by molar-refractivity contribution is 7.64. The predicted molar refractivity (Wildman–Crippen MR) is 58.8 cm³/mol. The number of rotatable bonds is 5. The second-order valence-electron chi connectivity index (χ2n) is 3.17. The third kappa shape index (κ3) is 3.26. The van der Waals surface area contributed by atoms with Crippen LogP contribution in [0.4, 0.5) is 0 Å². The Morgan fingerprint density at radius 1 is 1.36 bits per heavy atom. The summed E-state index contributed by atoms with van der Waals surface area (Å²) in [6.45, 7) is 2.63. The second-order valence-corrected chi connectivity index (χ2v) is 5.16. The summed E-state index contributed by atoms with van der Waals surface area (Å²) < 4.78 is 11.7. The Hall–Kier alpha value is -0.630. The van der Waals surface area contributed by atoms with Gasteiger partial charge in [0, 0.05) is 6.54 Å². The average Bonchev–Trinajstić information content (AvgIpc) is 2.19. The number of benzene rings is 1. The van der Waals surface area contributed by atoms with Gasteiger partial charge in [0.15, 0.2) is 0 Å². The van der Waals surface area contributed by atoms with Crippen molar-refractivity contribution in [2.75, 3.05) is 6.54 Å². The van der Waals surface area contributed by atoms with Gasteiger partial charge in [-0.2, -0.15) is 0 Å². The molecule has 0 saturated heterocycles. The van der Waals surface area contributed by atoms with Crippen LogP contribution in [0.3, 0.4) is 0 Å². The van der Waals surface area contributed by atoms with E-state index in [0.717, 1.165) is 12.8 Å². The third-order valence-electron chi connectivity index (χ3n) is 1.96. The molecule has 0 radical (unpaired) electrons. The first-order valence-electron chi connectivity index (χ1n) is 4.80. The highest BCUT2D eigenvalue weighted by atomic mass is 31.2. The Morgan fingerprint density at radius 3 is 2.57 bits per heavy atom. The molecule has 14 heavy (non-hydrogen) atoms. The van der Waals surface area contributed by atoms with Crippen molar-refractivity contribution < 1.29 is 9.46 Å². The maximum Gasteiger partial charge on any atom is 0.297 e. The molecule has 1 rings (SSSR count). The van der Waals surface area contributed by atoms with E-state index in [4.69, 9.17) is 0 Å². The molecule has 2 N–H and O–H groups in total. The van der Waals surface area contributed by atoms with E-state index in [0.29, 0.717) is 11.8 Å². The van der Waals surface area contributed by atoms with Crippen LogP contribution in [0.1, 0.15) is 19.8 Å². The molecule has 0 aliphatic heterocycles. The van der Waals surface area contributed by atoms with E-state index >= 15 is 0 Å². The maximum atomic E-state index is 11.7. The van der Waals surface area contributed by atoms with Crippen molar-refractivity contribution in [1.82, 2.24) is 5.09 Å². The standard InChI is InChI=1S/C10H16NO2P/c1-2-3-9-11-14(12,13)10-7-5-4-6-8-10/h4-8H,2-3,9H2,1H3,(H2,11,12,13). The van der Waals surface area contributed by atoms with E-state index in [9.17, 15) is 9.46 Å². The van der Waals surface area contributed by atoms with Crippen LogP contribution in [-0.2, 0) is 4.57 Å². The molecule has 1 unspecified atom stereocenters. The lowest BCUT2D eigenvalue weighted by molar-refractivity contribution is 0.474. The van der Waals surface area contributed by atoms with E-state index in [-0.39, 0.29) is 0 Å². The number of nitrogens with one attached hydrogen (secondary N) is 1. The minimum absolute atomic E-state index is 0.469. The lowest BCUT2D eigenvalue weighted by atomic mass is 10.3. The van der Waals surface area contributed by atoms with Gasteiger partial charge in [-0.1, -0.05) is 31.5 Å². The molecule has 4 heteroatoms. The molecule has 0 aliphatic carbocycles. The fourth-order valence-electron chi connectivity index (χ4n) is 1.13. The minimum atomic E-state index is -3.32. The molecule has 1 aromatic rings. The fraction of sp³-hybridized carbons (Fsp3) is 0.400. The van der Waals surface area contributed by atoms with Gasteiger partial charge in [0.1, 0.15) is 0 Å². The van der Waals surface area contributed by atoms with E-state index in [1.165, 1.54) is 0 Å². The van der Waals surface area contributed by atoms with Crippen molar-refractivity contribution in [3.05, 3.63) is 30.3 Å². The molecule has 78 valence electrons. The van der Waals surface area contributed by atoms with Crippen LogP contribution < -0.4 is 10.4 Å². The van der Waals surface area contributed by atoms with Gasteiger partial charge in [0.05, 0.1) is 5.30 Å². The van der Waals surface area contributed by atoms with Crippen molar-refractivity contribution in [2.45, 2.75) is 19.8 Å². The largest absolute Gasteiger partial charge is 0.330 e. The van der Waals surface area contributed by atoms with E-state index in [1.807, 2.05) is 13.0 Å². The van der Waals surface area contributed by atoms with Crippen LogP contribution in [0.2, 0.25) is 0 Å². The first-order chi connectivity index (χ1) is 6.67. The Balaban J connectivity index is 2.62. The van der Waals surface area contributed by atoms with Crippen LogP contribution in [-0.4, -0.2) is 11.4 Å². The van der Waals surface area contributed by atoms with Crippen LogP contribution in [0.25, 0.3) is 0 Å².